The number of rotatable bonds is 5. The zero-order valence-electron chi connectivity index (χ0n) is 24.3. The molecular weight excluding hydrogens is 541 g/mol. The van der Waals surface area contributed by atoms with Gasteiger partial charge in [-0.3, -0.25) is 0 Å². The summed E-state index contributed by atoms with van der Waals surface area (Å²) >= 11 is 6.16. The third-order valence-corrected chi connectivity index (χ3v) is 7.85. The number of aryl methyl sites for hydroxylation is 1. The van der Waals surface area contributed by atoms with Gasteiger partial charge in [-0.1, -0.05) is 41.9 Å². The van der Waals surface area contributed by atoms with Crippen molar-refractivity contribution in [1.82, 2.24) is 14.5 Å². The summed E-state index contributed by atoms with van der Waals surface area (Å²) in [7, 11) is 0. The molecule has 0 spiro atoms. The Morgan fingerprint density at radius 3 is 2.29 bits per heavy atom. The summed E-state index contributed by atoms with van der Waals surface area (Å²) in [6.45, 7) is 13.0. The normalized spacial score (nSPS) is 14.1. The van der Waals surface area contributed by atoms with E-state index < -0.39 is 11.4 Å². The molecule has 0 bridgehead atoms. The molecule has 216 valence electrons. The molecule has 1 amide bonds. The first-order valence-corrected chi connectivity index (χ1v) is 14.3. The molecule has 1 aliphatic heterocycles. The maximum atomic E-state index is 14.0. The Morgan fingerprint density at radius 1 is 1.02 bits per heavy atom. The first kappa shape index (κ1) is 28.9. The molecule has 0 radical (unpaired) electrons. The highest BCUT2D eigenvalue weighted by Gasteiger charge is 2.29. The Bertz CT molecular complexity index is 1580. The molecule has 0 aliphatic carbocycles. The molecular formula is C32H37ClFN5O2. The molecule has 1 fully saturated rings. The van der Waals surface area contributed by atoms with Crippen molar-refractivity contribution in [2.75, 3.05) is 31.1 Å². The van der Waals surface area contributed by atoms with E-state index >= 15 is 0 Å². The Hall–Kier alpha value is -3.62. The third-order valence-electron chi connectivity index (χ3n) is 7.56. The van der Waals surface area contributed by atoms with Crippen molar-refractivity contribution in [3.05, 3.63) is 81.6 Å². The lowest BCUT2D eigenvalue weighted by molar-refractivity contribution is 0.0240. The van der Waals surface area contributed by atoms with E-state index in [2.05, 4.69) is 53.6 Å². The number of piperazine rings is 1. The van der Waals surface area contributed by atoms with Crippen LogP contribution in [0, 0.1) is 19.7 Å². The second-order valence-corrected chi connectivity index (χ2v) is 12.1. The standard InChI is InChI=1S/C32H37ClFN5O2/c1-20-16-27-29(28(21(20)2)24-9-6-22(18-35)7-10-24)36-30(39(27)19-23-8-11-26(34)25(33)17-23)37-12-14-38(15-13-37)31(40)41-32(3,4)5/h6-11,16-17H,12-15,18-19,35H2,1-5H3. The van der Waals surface area contributed by atoms with Crippen molar-refractivity contribution in [1.29, 1.82) is 0 Å². The van der Waals surface area contributed by atoms with Crippen molar-refractivity contribution < 1.29 is 13.9 Å². The quantitative estimate of drug-likeness (QED) is 0.286. The van der Waals surface area contributed by atoms with Gasteiger partial charge >= 0.3 is 6.09 Å². The number of carbonyl (C=O) groups is 1. The summed E-state index contributed by atoms with van der Waals surface area (Å²) in [4.78, 5) is 21.9. The van der Waals surface area contributed by atoms with Crippen LogP contribution < -0.4 is 10.6 Å². The molecule has 7 nitrogen and oxygen atoms in total. The van der Waals surface area contributed by atoms with Gasteiger partial charge in [0.25, 0.3) is 0 Å². The molecule has 0 atom stereocenters. The van der Waals surface area contributed by atoms with Crippen molar-refractivity contribution in [3.8, 4) is 11.1 Å². The number of anilines is 1. The van der Waals surface area contributed by atoms with Crippen LogP contribution in [0.4, 0.5) is 15.1 Å². The predicted molar refractivity (Wildman–Crippen MR) is 163 cm³/mol. The monoisotopic (exact) mass is 577 g/mol. The molecule has 0 saturated carbocycles. The number of carbonyl (C=O) groups excluding carboxylic acids is 1. The van der Waals surface area contributed by atoms with Gasteiger partial charge in [0.15, 0.2) is 0 Å². The Balaban J connectivity index is 1.59. The van der Waals surface area contributed by atoms with E-state index in [1.165, 1.54) is 6.07 Å². The van der Waals surface area contributed by atoms with Gasteiger partial charge in [-0.2, -0.15) is 0 Å². The highest BCUT2D eigenvalue weighted by molar-refractivity contribution is 6.30. The summed E-state index contributed by atoms with van der Waals surface area (Å²) in [6, 6.07) is 15.3. The molecule has 41 heavy (non-hydrogen) atoms. The van der Waals surface area contributed by atoms with Gasteiger partial charge in [0.2, 0.25) is 5.95 Å². The van der Waals surface area contributed by atoms with Crippen LogP contribution in [0.1, 0.15) is 43.0 Å². The molecule has 1 aliphatic rings. The Kier molecular flexibility index (Phi) is 7.99. The van der Waals surface area contributed by atoms with Crippen LogP contribution >= 0.6 is 11.6 Å². The minimum Gasteiger partial charge on any atom is -0.444 e. The van der Waals surface area contributed by atoms with Gasteiger partial charge in [0, 0.05) is 38.3 Å². The SMILES string of the molecule is Cc1cc2c(nc(N3CCN(C(=O)OC(C)(C)C)CC3)n2Cc2ccc(F)c(Cl)c2)c(-c2ccc(CN)cc2)c1C. The first-order chi connectivity index (χ1) is 19.4. The maximum absolute atomic E-state index is 14.0. The number of hydrogen-bond donors (Lipinski definition) is 1. The van der Waals surface area contributed by atoms with E-state index in [1.54, 1.807) is 17.0 Å². The second kappa shape index (κ2) is 11.3. The number of imidazole rings is 1. The van der Waals surface area contributed by atoms with Gasteiger partial charge in [-0.05, 0) is 80.6 Å². The van der Waals surface area contributed by atoms with Gasteiger partial charge in [0.05, 0.1) is 22.6 Å². The highest BCUT2D eigenvalue weighted by atomic mass is 35.5. The average Bonchev–Trinajstić information content (AvgIpc) is 3.28. The number of aromatic nitrogens is 2. The predicted octanol–water partition coefficient (Wildman–Crippen LogP) is 6.68. The minimum atomic E-state index is -0.549. The number of nitrogens with two attached hydrogens (primary N) is 1. The lowest BCUT2D eigenvalue weighted by Crippen LogP contribution is -2.50. The van der Waals surface area contributed by atoms with Gasteiger partial charge < -0.3 is 24.8 Å². The smallest absolute Gasteiger partial charge is 0.410 e. The van der Waals surface area contributed by atoms with Crippen molar-refractivity contribution >= 4 is 34.7 Å². The highest BCUT2D eigenvalue weighted by Crippen LogP contribution is 2.37. The topological polar surface area (TPSA) is 76.6 Å². The van der Waals surface area contributed by atoms with E-state index in [-0.39, 0.29) is 11.1 Å². The summed E-state index contributed by atoms with van der Waals surface area (Å²) in [5, 5.41) is 0.0900. The van der Waals surface area contributed by atoms with Crippen LogP contribution in [0.3, 0.4) is 0 Å². The van der Waals surface area contributed by atoms with E-state index in [4.69, 9.17) is 27.1 Å². The molecule has 5 rings (SSSR count). The Morgan fingerprint density at radius 2 is 1.68 bits per heavy atom. The lowest BCUT2D eigenvalue weighted by Gasteiger charge is -2.36. The molecule has 1 saturated heterocycles. The molecule has 2 N–H and O–H groups in total. The second-order valence-electron chi connectivity index (χ2n) is 11.7. The van der Waals surface area contributed by atoms with E-state index in [9.17, 15) is 9.18 Å². The minimum absolute atomic E-state index is 0.0900. The first-order valence-electron chi connectivity index (χ1n) is 13.9. The molecule has 1 aromatic heterocycles. The molecule has 3 aromatic carbocycles. The fourth-order valence-electron chi connectivity index (χ4n) is 5.27. The van der Waals surface area contributed by atoms with Crippen LogP contribution in [0.2, 0.25) is 5.02 Å². The van der Waals surface area contributed by atoms with Crippen molar-refractivity contribution in [2.45, 2.75) is 53.3 Å². The molecule has 4 aromatic rings. The number of fused-ring (bicyclic) bond motifs is 1. The van der Waals surface area contributed by atoms with Crippen LogP contribution in [0.5, 0.6) is 0 Å². The molecule has 2 heterocycles. The number of nitrogens with zero attached hydrogens (tertiary/aromatic N) is 4. The maximum Gasteiger partial charge on any atom is 0.410 e. The lowest BCUT2D eigenvalue weighted by atomic mass is 9.94. The third kappa shape index (κ3) is 6.04. The average molecular weight is 578 g/mol. The van der Waals surface area contributed by atoms with Crippen LogP contribution in [0.15, 0.2) is 48.5 Å². The van der Waals surface area contributed by atoms with Crippen LogP contribution in [-0.4, -0.2) is 52.3 Å². The fourth-order valence-corrected chi connectivity index (χ4v) is 5.47. The number of halogens is 2. The fraction of sp³-hybridized carbons (Fsp3) is 0.375. The zero-order valence-corrected chi connectivity index (χ0v) is 25.1. The van der Waals surface area contributed by atoms with Crippen molar-refractivity contribution in [2.24, 2.45) is 5.73 Å². The van der Waals surface area contributed by atoms with Crippen LogP contribution in [-0.2, 0) is 17.8 Å². The van der Waals surface area contributed by atoms with E-state index in [1.807, 2.05) is 20.8 Å². The molecule has 0 unspecified atom stereocenters. The summed E-state index contributed by atoms with van der Waals surface area (Å²) in [6.07, 6.45) is -0.305. The van der Waals surface area contributed by atoms with Crippen LogP contribution in [0.25, 0.3) is 22.2 Å². The number of hydrogen-bond acceptors (Lipinski definition) is 5. The van der Waals surface area contributed by atoms with Gasteiger partial charge in [0.1, 0.15) is 11.4 Å². The van der Waals surface area contributed by atoms with Gasteiger partial charge in [-0.15, -0.1) is 0 Å². The largest absolute Gasteiger partial charge is 0.444 e. The number of amides is 1. The van der Waals surface area contributed by atoms with E-state index in [0.717, 1.165) is 50.4 Å². The van der Waals surface area contributed by atoms with E-state index in [0.29, 0.717) is 39.3 Å². The van der Waals surface area contributed by atoms with Crippen molar-refractivity contribution in [3.63, 3.8) is 0 Å². The summed E-state index contributed by atoms with van der Waals surface area (Å²) in [5.41, 5.74) is 13.6. The number of ether oxygens (including phenoxy) is 1. The Labute approximate surface area is 245 Å². The zero-order chi connectivity index (χ0) is 29.5. The molecule has 9 heteroatoms. The van der Waals surface area contributed by atoms with Gasteiger partial charge in [-0.25, -0.2) is 14.2 Å². The summed E-state index contributed by atoms with van der Waals surface area (Å²) < 4.78 is 21.8. The summed E-state index contributed by atoms with van der Waals surface area (Å²) in [5.74, 6) is 0.355. The number of benzene rings is 3.